The molecule has 1 unspecified atom stereocenters. The first-order valence-electron chi connectivity index (χ1n) is 7.01. The minimum atomic E-state index is -0.365. The fourth-order valence-corrected chi connectivity index (χ4v) is 3.40. The van der Waals surface area contributed by atoms with Crippen molar-refractivity contribution in [3.63, 3.8) is 0 Å². The molecule has 3 heteroatoms. The fourth-order valence-electron chi connectivity index (χ4n) is 2.76. The van der Waals surface area contributed by atoms with Gasteiger partial charge in [0.25, 0.3) is 0 Å². The number of aliphatic hydroxyl groups is 1. The fraction of sp³-hybridized carbons (Fsp3) is 0.438. The van der Waals surface area contributed by atoms with Gasteiger partial charge >= 0.3 is 0 Å². The molecule has 2 nitrogen and oxygen atoms in total. The number of rotatable bonds is 4. The Morgan fingerprint density at radius 2 is 2.05 bits per heavy atom. The average Bonchev–Trinajstić information content (AvgIpc) is 2.97. The maximum Gasteiger partial charge on any atom is 0.0925 e. The number of hydrogen-bond acceptors (Lipinski definition) is 3. The summed E-state index contributed by atoms with van der Waals surface area (Å²) in [6.45, 7) is 0. The van der Waals surface area contributed by atoms with E-state index < -0.39 is 0 Å². The molecule has 100 valence electrons. The zero-order valence-corrected chi connectivity index (χ0v) is 11.8. The highest BCUT2D eigenvalue weighted by Crippen LogP contribution is 2.26. The van der Waals surface area contributed by atoms with Crippen molar-refractivity contribution in [3.8, 4) is 0 Å². The summed E-state index contributed by atoms with van der Waals surface area (Å²) < 4.78 is 0. The first-order chi connectivity index (χ1) is 9.33. The lowest BCUT2D eigenvalue weighted by Crippen LogP contribution is -2.06. The molecule has 1 aromatic heterocycles. The van der Waals surface area contributed by atoms with E-state index in [9.17, 15) is 5.11 Å². The van der Waals surface area contributed by atoms with Crippen LogP contribution >= 0.6 is 11.3 Å². The molecule has 1 aromatic carbocycles. The van der Waals surface area contributed by atoms with Crippen molar-refractivity contribution >= 4 is 11.3 Å². The second kappa shape index (κ2) is 5.85. The maximum absolute atomic E-state index is 10.3. The van der Waals surface area contributed by atoms with Gasteiger partial charge in [0.15, 0.2) is 0 Å². The van der Waals surface area contributed by atoms with Crippen LogP contribution in [0.3, 0.4) is 0 Å². The van der Waals surface area contributed by atoms with E-state index in [0.29, 0.717) is 0 Å². The van der Waals surface area contributed by atoms with Crippen molar-refractivity contribution < 1.29 is 5.11 Å². The molecule has 0 amide bonds. The molecule has 0 radical (unpaired) electrons. The lowest BCUT2D eigenvalue weighted by molar-refractivity contribution is 0.167. The van der Waals surface area contributed by atoms with E-state index in [1.165, 1.54) is 36.8 Å². The van der Waals surface area contributed by atoms with E-state index in [1.54, 1.807) is 11.3 Å². The molecule has 0 saturated heterocycles. The van der Waals surface area contributed by atoms with Crippen LogP contribution < -0.4 is 0 Å². The minimum absolute atomic E-state index is 0.365. The Morgan fingerprint density at radius 3 is 2.84 bits per heavy atom. The molecule has 1 N–H and O–H groups in total. The molecule has 2 aromatic rings. The van der Waals surface area contributed by atoms with E-state index in [1.807, 2.05) is 11.6 Å². The number of benzene rings is 1. The van der Waals surface area contributed by atoms with Gasteiger partial charge in [-0.2, -0.15) is 0 Å². The number of fused-ring (bicyclic) bond motifs is 1. The van der Waals surface area contributed by atoms with Gasteiger partial charge in [0.1, 0.15) is 0 Å². The second-order valence-electron chi connectivity index (χ2n) is 5.22. The smallest absolute Gasteiger partial charge is 0.0925 e. The van der Waals surface area contributed by atoms with Crippen LogP contribution in [0, 0.1) is 0 Å². The summed E-state index contributed by atoms with van der Waals surface area (Å²) in [6, 6.07) is 6.51. The highest BCUT2D eigenvalue weighted by Gasteiger charge is 2.13. The SMILES string of the molecule is OC(CCc1nccs1)c1ccc2c(c1)CCCC2. The normalized spacial score (nSPS) is 16.1. The first-order valence-corrected chi connectivity index (χ1v) is 7.89. The number of aryl methyl sites for hydroxylation is 3. The molecule has 0 aliphatic heterocycles. The Kier molecular flexibility index (Phi) is 3.95. The lowest BCUT2D eigenvalue weighted by atomic mass is 9.89. The highest BCUT2D eigenvalue weighted by atomic mass is 32.1. The first kappa shape index (κ1) is 12.8. The Balaban J connectivity index is 1.67. The topological polar surface area (TPSA) is 33.1 Å². The van der Waals surface area contributed by atoms with E-state index in [-0.39, 0.29) is 6.10 Å². The van der Waals surface area contributed by atoms with E-state index in [2.05, 4.69) is 23.2 Å². The van der Waals surface area contributed by atoms with Crippen molar-refractivity contribution in [3.05, 3.63) is 51.5 Å². The monoisotopic (exact) mass is 273 g/mol. The number of thiazole rings is 1. The third kappa shape index (κ3) is 3.04. The predicted octanol–water partition coefficient (Wildman–Crippen LogP) is 3.69. The summed E-state index contributed by atoms with van der Waals surface area (Å²) in [5.41, 5.74) is 3.98. The molecule has 0 bridgehead atoms. The maximum atomic E-state index is 10.3. The van der Waals surface area contributed by atoms with Crippen molar-refractivity contribution in [2.75, 3.05) is 0 Å². The molecular formula is C16H19NOS. The van der Waals surface area contributed by atoms with Gasteiger partial charge < -0.3 is 5.11 Å². The molecule has 1 atom stereocenters. The van der Waals surface area contributed by atoms with Crippen LogP contribution in [-0.4, -0.2) is 10.1 Å². The Morgan fingerprint density at radius 1 is 1.21 bits per heavy atom. The number of aliphatic hydroxyl groups excluding tert-OH is 1. The van der Waals surface area contributed by atoms with Crippen LogP contribution in [0.4, 0.5) is 0 Å². The lowest BCUT2D eigenvalue weighted by Gasteiger charge is -2.18. The summed E-state index contributed by atoms with van der Waals surface area (Å²) in [5.74, 6) is 0. The molecule has 19 heavy (non-hydrogen) atoms. The minimum Gasteiger partial charge on any atom is -0.388 e. The number of nitrogens with zero attached hydrogens (tertiary/aromatic N) is 1. The van der Waals surface area contributed by atoms with Gasteiger partial charge in [-0.1, -0.05) is 18.2 Å². The Labute approximate surface area is 118 Å². The highest BCUT2D eigenvalue weighted by molar-refractivity contribution is 7.09. The summed E-state index contributed by atoms with van der Waals surface area (Å²) >= 11 is 1.66. The second-order valence-corrected chi connectivity index (χ2v) is 6.19. The predicted molar refractivity (Wildman–Crippen MR) is 78.5 cm³/mol. The third-order valence-corrected chi connectivity index (χ3v) is 4.71. The summed E-state index contributed by atoms with van der Waals surface area (Å²) in [7, 11) is 0. The molecule has 0 saturated carbocycles. The third-order valence-electron chi connectivity index (χ3n) is 3.87. The molecular weight excluding hydrogens is 254 g/mol. The molecule has 1 aliphatic rings. The van der Waals surface area contributed by atoms with Gasteiger partial charge in [-0.15, -0.1) is 11.3 Å². The molecule has 3 rings (SSSR count). The zero-order chi connectivity index (χ0) is 13.1. The Hall–Kier alpha value is -1.19. The quantitative estimate of drug-likeness (QED) is 0.921. The summed E-state index contributed by atoms with van der Waals surface area (Å²) in [4.78, 5) is 4.26. The van der Waals surface area contributed by atoms with Crippen LogP contribution in [0.5, 0.6) is 0 Å². The van der Waals surface area contributed by atoms with Gasteiger partial charge in [-0.3, -0.25) is 0 Å². The van der Waals surface area contributed by atoms with Crippen LogP contribution in [0.15, 0.2) is 29.8 Å². The average molecular weight is 273 g/mol. The van der Waals surface area contributed by atoms with E-state index >= 15 is 0 Å². The Bertz CT molecular complexity index is 536. The number of aromatic nitrogens is 1. The molecule has 1 aliphatic carbocycles. The molecule has 0 fully saturated rings. The van der Waals surface area contributed by atoms with Crippen molar-refractivity contribution in [1.29, 1.82) is 0 Å². The number of hydrogen-bond donors (Lipinski definition) is 1. The van der Waals surface area contributed by atoms with Crippen LogP contribution in [-0.2, 0) is 19.3 Å². The van der Waals surface area contributed by atoms with Crippen LogP contribution in [0.25, 0.3) is 0 Å². The summed E-state index contributed by atoms with van der Waals surface area (Å²) in [6.07, 6.45) is 8.03. The van der Waals surface area contributed by atoms with E-state index in [4.69, 9.17) is 0 Å². The van der Waals surface area contributed by atoms with Gasteiger partial charge in [0, 0.05) is 18.0 Å². The van der Waals surface area contributed by atoms with E-state index in [0.717, 1.165) is 23.4 Å². The van der Waals surface area contributed by atoms with Crippen LogP contribution in [0.1, 0.15) is 47.1 Å². The molecule has 1 heterocycles. The largest absolute Gasteiger partial charge is 0.388 e. The van der Waals surface area contributed by atoms with Crippen LogP contribution in [0.2, 0.25) is 0 Å². The van der Waals surface area contributed by atoms with Crippen molar-refractivity contribution in [2.45, 2.75) is 44.6 Å². The standard InChI is InChI=1S/C16H19NOS/c18-15(7-8-16-17-9-10-19-16)14-6-5-12-3-1-2-4-13(12)11-14/h5-6,9-11,15,18H,1-4,7-8H2. The van der Waals surface area contributed by atoms with Gasteiger partial charge in [-0.05, 0) is 48.8 Å². The van der Waals surface area contributed by atoms with Gasteiger partial charge in [0.2, 0.25) is 0 Å². The zero-order valence-electron chi connectivity index (χ0n) is 11.0. The van der Waals surface area contributed by atoms with Gasteiger partial charge in [0.05, 0.1) is 11.1 Å². The van der Waals surface area contributed by atoms with Crippen molar-refractivity contribution in [2.24, 2.45) is 0 Å². The van der Waals surface area contributed by atoms with Gasteiger partial charge in [-0.25, -0.2) is 4.98 Å². The van der Waals surface area contributed by atoms with Crippen molar-refractivity contribution in [1.82, 2.24) is 4.98 Å². The molecule has 0 spiro atoms. The summed E-state index contributed by atoms with van der Waals surface area (Å²) in [5, 5.41) is 13.4.